The highest BCUT2D eigenvalue weighted by molar-refractivity contribution is 5.99. The highest BCUT2D eigenvalue weighted by atomic mass is 16.1. The van der Waals surface area contributed by atoms with Gasteiger partial charge in [0.15, 0.2) is 11.6 Å². The molecule has 0 radical (unpaired) electrons. The molecule has 0 saturated carbocycles. The van der Waals surface area contributed by atoms with Crippen LogP contribution >= 0.6 is 0 Å². The van der Waals surface area contributed by atoms with Crippen molar-refractivity contribution in [3.05, 3.63) is 107 Å². The van der Waals surface area contributed by atoms with Gasteiger partial charge in [0, 0.05) is 24.0 Å². The minimum atomic E-state index is -0.131. The number of hydrogen-bond donors (Lipinski definition) is 0. The van der Waals surface area contributed by atoms with Gasteiger partial charge in [-0.25, -0.2) is 0 Å². The number of ketones is 2. The fourth-order valence-electron chi connectivity index (χ4n) is 3.20. The molecule has 0 aliphatic carbocycles. The molecular formula is C25H24O2. The Morgan fingerprint density at radius 1 is 0.630 bits per heavy atom. The Bertz CT molecular complexity index is 847. The third-order valence-corrected chi connectivity index (χ3v) is 4.88. The summed E-state index contributed by atoms with van der Waals surface area (Å²) in [5, 5.41) is 0. The maximum Gasteiger partial charge on any atom is 0.163 e. The lowest BCUT2D eigenvalue weighted by Gasteiger charge is -2.16. The van der Waals surface area contributed by atoms with Gasteiger partial charge in [-0.2, -0.15) is 0 Å². The van der Waals surface area contributed by atoms with Gasteiger partial charge in [0.25, 0.3) is 0 Å². The van der Waals surface area contributed by atoms with E-state index in [-0.39, 0.29) is 17.5 Å². The lowest BCUT2D eigenvalue weighted by Crippen LogP contribution is -2.13. The van der Waals surface area contributed by atoms with E-state index < -0.39 is 0 Å². The Morgan fingerprint density at radius 2 is 1.04 bits per heavy atom. The average Bonchev–Trinajstić information content (AvgIpc) is 2.69. The van der Waals surface area contributed by atoms with E-state index in [2.05, 4.69) is 0 Å². The molecule has 0 fully saturated rings. The highest BCUT2D eigenvalue weighted by Crippen LogP contribution is 2.27. The number of benzene rings is 3. The van der Waals surface area contributed by atoms with E-state index in [1.54, 1.807) is 0 Å². The van der Waals surface area contributed by atoms with Gasteiger partial charge < -0.3 is 0 Å². The number of hydrogen-bond acceptors (Lipinski definition) is 2. The molecule has 0 amide bonds. The van der Waals surface area contributed by atoms with Crippen LogP contribution in [-0.4, -0.2) is 11.6 Å². The Morgan fingerprint density at radius 3 is 1.44 bits per heavy atom. The zero-order chi connectivity index (χ0) is 19.2. The second-order valence-corrected chi connectivity index (χ2v) is 7.09. The van der Waals surface area contributed by atoms with Gasteiger partial charge in [0.05, 0.1) is 0 Å². The third kappa shape index (κ3) is 5.01. The summed E-state index contributed by atoms with van der Waals surface area (Å²) in [5.41, 5.74) is 4.67. The van der Waals surface area contributed by atoms with Gasteiger partial charge in [-0.3, -0.25) is 9.59 Å². The summed E-state index contributed by atoms with van der Waals surface area (Å²) in [6, 6.07) is 25.1. The van der Waals surface area contributed by atoms with Crippen LogP contribution in [0.5, 0.6) is 0 Å². The van der Waals surface area contributed by atoms with E-state index in [1.165, 1.54) is 0 Å². The maximum absolute atomic E-state index is 12.8. The molecule has 0 unspecified atom stereocenters. The first-order chi connectivity index (χ1) is 13.0. The van der Waals surface area contributed by atoms with Crippen LogP contribution in [0.4, 0.5) is 0 Å². The first-order valence-electron chi connectivity index (χ1n) is 9.27. The number of rotatable bonds is 7. The normalized spacial score (nSPS) is 10.8. The molecule has 0 saturated heterocycles. The lowest BCUT2D eigenvalue weighted by atomic mass is 9.86. The van der Waals surface area contributed by atoms with Crippen LogP contribution in [0.1, 0.15) is 56.2 Å². The zero-order valence-electron chi connectivity index (χ0n) is 15.8. The molecule has 3 aromatic carbocycles. The van der Waals surface area contributed by atoms with Crippen molar-refractivity contribution in [3.63, 3.8) is 0 Å². The van der Waals surface area contributed by atoms with Crippen LogP contribution in [0.15, 0.2) is 78.9 Å². The largest absolute Gasteiger partial charge is 0.294 e. The SMILES string of the molecule is Cc1ccc(C(=O)CC(CC(=O)c2ccc(C)cc2)c2ccccc2)cc1. The van der Waals surface area contributed by atoms with E-state index in [4.69, 9.17) is 0 Å². The lowest BCUT2D eigenvalue weighted by molar-refractivity contribution is 0.0944. The molecule has 0 N–H and O–H groups in total. The van der Waals surface area contributed by atoms with E-state index in [0.29, 0.717) is 24.0 Å². The molecule has 0 heterocycles. The standard InChI is InChI=1S/C25H24O2/c1-18-8-12-21(13-9-18)24(26)16-23(20-6-4-3-5-7-20)17-25(27)22-14-10-19(2)11-15-22/h3-15,23H,16-17H2,1-2H3. The van der Waals surface area contributed by atoms with Gasteiger partial charge in [0.2, 0.25) is 0 Å². The molecule has 0 aromatic heterocycles. The molecule has 0 aliphatic rings. The second kappa shape index (κ2) is 8.59. The fraction of sp³-hybridized carbons (Fsp3) is 0.200. The van der Waals surface area contributed by atoms with E-state index in [1.807, 2.05) is 92.7 Å². The molecule has 0 bridgehead atoms. The molecule has 2 nitrogen and oxygen atoms in total. The van der Waals surface area contributed by atoms with E-state index in [0.717, 1.165) is 16.7 Å². The predicted molar refractivity (Wildman–Crippen MR) is 109 cm³/mol. The smallest absolute Gasteiger partial charge is 0.163 e. The minimum Gasteiger partial charge on any atom is -0.294 e. The molecule has 136 valence electrons. The Balaban J connectivity index is 1.81. The molecule has 3 aromatic rings. The number of carbonyl (C=O) groups excluding carboxylic acids is 2. The van der Waals surface area contributed by atoms with Crippen molar-refractivity contribution in [1.29, 1.82) is 0 Å². The first-order valence-corrected chi connectivity index (χ1v) is 9.27. The van der Waals surface area contributed by atoms with Crippen molar-refractivity contribution in [3.8, 4) is 0 Å². The third-order valence-electron chi connectivity index (χ3n) is 4.88. The van der Waals surface area contributed by atoms with Gasteiger partial charge in [-0.1, -0.05) is 90.0 Å². The van der Waals surface area contributed by atoms with Crippen LogP contribution in [0, 0.1) is 13.8 Å². The molecule has 27 heavy (non-hydrogen) atoms. The molecule has 0 spiro atoms. The summed E-state index contributed by atoms with van der Waals surface area (Å²) >= 11 is 0. The van der Waals surface area contributed by atoms with Crippen molar-refractivity contribution in [1.82, 2.24) is 0 Å². The summed E-state index contributed by atoms with van der Waals surface area (Å²) in [7, 11) is 0. The number of carbonyl (C=O) groups is 2. The van der Waals surface area contributed by atoms with Crippen molar-refractivity contribution < 1.29 is 9.59 Å². The van der Waals surface area contributed by atoms with E-state index >= 15 is 0 Å². The van der Waals surface area contributed by atoms with Crippen LogP contribution in [-0.2, 0) is 0 Å². The van der Waals surface area contributed by atoms with Crippen LogP contribution in [0.3, 0.4) is 0 Å². The topological polar surface area (TPSA) is 34.1 Å². The van der Waals surface area contributed by atoms with E-state index in [9.17, 15) is 9.59 Å². The molecule has 3 rings (SSSR count). The molecular weight excluding hydrogens is 332 g/mol. The quantitative estimate of drug-likeness (QED) is 0.491. The number of aryl methyl sites for hydroxylation is 2. The Kier molecular flexibility index (Phi) is 5.97. The molecule has 0 aliphatic heterocycles. The Labute approximate surface area is 160 Å². The summed E-state index contributed by atoms with van der Waals surface area (Å²) < 4.78 is 0. The van der Waals surface area contributed by atoms with Crippen LogP contribution < -0.4 is 0 Å². The van der Waals surface area contributed by atoms with Crippen LogP contribution in [0.25, 0.3) is 0 Å². The predicted octanol–water partition coefficient (Wildman–Crippen LogP) is 5.93. The summed E-state index contributed by atoms with van der Waals surface area (Å²) in [6.07, 6.45) is 0.648. The van der Waals surface area contributed by atoms with Crippen molar-refractivity contribution in [2.75, 3.05) is 0 Å². The van der Waals surface area contributed by atoms with Gasteiger partial charge >= 0.3 is 0 Å². The van der Waals surface area contributed by atoms with Crippen molar-refractivity contribution >= 4 is 11.6 Å². The van der Waals surface area contributed by atoms with Crippen molar-refractivity contribution in [2.45, 2.75) is 32.6 Å². The summed E-state index contributed by atoms with van der Waals surface area (Å²) in [6.45, 7) is 4.00. The molecule has 0 atom stereocenters. The monoisotopic (exact) mass is 356 g/mol. The van der Waals surface area contributed by atoms with Crippen LogP contribution in [0.2, 0.25) is 0 Å². The first kappa shape index (κ1) is 18.8. The minimum absolute atomic E-state index is 0.0700. The highest BCUT2D eigenvalue weighted by Gasteiger charge is 2.21. The van der Waals surface area contributed by atoms with Gasteiger partial charge in [-0.05, 0) is 25.3 Å². The summed E-state index contributed by atoms with van der Waals surface area (Å²) in [5.74, 6) is 0.00919. The van der Waals surface area contributed by atoms with Gasteiger partial charge in [-0.15, -0.1) is 0 Å². The zero-order valence-corrected chi connectivity index (χ0v) is 15.8. The average molecular weight is 356 g/mol. The molecule has 2 heteroatoms. The summed E-state index contributed by atoms with van der Waals surface area (Å²) in [4.78, 5) is 25.6. The van der Waals surface area contributed by atoms with Gasteiger partial charge in [0.1, 0.15) is 0 Å². The number of Topliss-reactive ketones (excluding diaryl/α,β-unsaturated/α-hetero) is 2. The van der Waals surface area contributed by atoms with Crippen molar-refractivity contribution in [2.24, 2.45) is 0 Å². The second-order valence-electron chi connectivity index (χ2n) is 7.09. The fourth-order valence-corrected chi connectivity index (χ4v) is 3.20. The Hall–Kier alpha value is -3.00. The maximum atomic E-state index is 12.8.